The first-order valence-corrected chi connectivity index (χ1v) is 7.76. The number of anilines is 1. The largest absolute Gasteiger partial charge is 0.381 e. The van der Waals surface area contributed by atoms with Crippen LogP contribution in [0.25, 0.3) is 0 Å². The summed E-state index contributed by atoms with van der Waals surface area (Å²) in [6.07, 6.45) is 2.10. The van der Waals surface area contributed by atoms with E-state index in [4.69, 9.17) is 11.6 Å². The molecule has 0 heterocycles. The minimum Gasteiger partial charge on any atom is -0.381 e. The van der Waals surface area contributed by atoms with Crippen LogP contribution in [-0.2, 0) is 0 Å². The molecule has 2 aromatic rings. The molecule has 4 heteroatoms. The van der Waals surface area contributed by atoms with Gasteiger partial charge in [-0.15, -0.1) is 0 Å². The molecular weight excluding hydrogens is 341 g/mol. The molecule has 0 unspecified atom stereocenters. The van der Waals surface area contributed by atoms with Crippen molar-refractivity contribution < 1.29 is 4.39 Å². The molecule has 20 heavy (non-hydrogen) atoms. The Balaban J connectivity index is 1.60. The molecule has 1 fully saturated rings. The third kappa shape index (κ3) is 2.99. The van der Waals surface area contributed by atoms with Crippen molar-refractivity contribution in [2.45, 2.75) is 24.8 Å². The summed E-state index contributed by atoms with van der Waals surface area (Å²) < 4.78 is 13.9. The summed E-state index contributed by atoms with van der Waals surface area (Å²) in [6, 6.07) is 13.0. The van der Waals surface area contributed by atoms with Crippen LogP contribution in [-0.4, -0.2) is 6.04 Å². The zero-order valence-corrected chi connectivity index (χ0v) is 13.1. The second kappa shape index (κ2) is 5.74. The number of rotatable bonds is 3. The fraction of sp³-hybridized carbons (Fsp3) is 0.250. The van der Waals surface area contributed by atoms with Crippen molar-refractivity contribution >= 4 is 33.2 Å². The first-order valence-electron chi connectivity index (χ1n) is 6.59. The fourth-order valence-electron chi connectivity index (χ4n) is 2.57. The number of benzene rings is 2. The van der Waals surface area contributed by atoms with Crippen molar-refractivity contribution in [3.05, 3.63) is 63.3 Å². The van der Waals surface area contributed by atoms with Crippen molar-refractivity contribution in [3.8, 4) is 0 Å². The van der Waals surface area contributed by atoms with Gasteiger partial charge in [-0.25, -0.2) is 4.39 Å². The first-order chi connectivity index (χ1) is 9.61. The molecule has 1 saturated carbocycles. The Labute approximate surface area is 131 Å². The summed E-state index contributed by atoms with van der Waals surface area (Å²) in [5.74, 6) is 0.336. The van der Waals surface area contributed by atoms with Gasteiger partial charge >= 0.3 is 0 Å². The second-order valence-electron chi connectivity index (χ2n) is 5.19. The van der Waals surface area contributed by atoms with Crippen LogP contribution in [0, 0.1) is 5.82 Å². The predicted molar refractivity (Wildman–Crippen MR) is 84.9 cm³/mol. The van der Waals surface area contributed by atoms with Gasteiger partial charge in [0.1, 0.15) is 5.82 Å². The average molecular weight is 355 g/mol. The minimum absolute atomic E-state index is 0.177. The molecule has 0 atom stereocenters. The normalized spacial score (nSPS) is 21.4. The monoisotopic (exact) mass is 353 g/mol. The highest BCUT2D eigenvalue weighted by Gasteiger charge is 2.30. The number of halogens is 3. The van der Waals surface area contributed by atoms with Gasteiger partial charge in [-0.2, -0.15) is 0 Å². The summed E-state index contributed by atoms with van der Waals surface area (Å²) in [5.41, 5.74) is 2.17. The van der Waals surface area contributed by atoms with Crippen molar-refractivity contribution in [2.75, 3.05) is 5.32 Å². The SMILES string of the molecule is Fc1ccc(C2CC(Nc3cc(Br)ccc3Cl)C2)cc1. The summed E-state index contributed by atoms with van der Waals surface area (Å²) in [5, 5.41) is 4.20. The van der Waals surface area contributed by atoms with Crippen LogP contribution in [0.1, 0.15) is 24.3 Å². The second-order valence-corrected chi connectivity index (χ2v) is 6.51. The van der Waals surface area contributed by atoms with Crippen LogP contribution in [0.4, 0.5) is 10.1 Å². The van der Waals surface area contributed by atoms with Crippen molar-refractivity contribution in [2.24, 2.45) is 0 Å². The van der Waals surface area contributed by atoms with E-state index in [0.717, 1.165) is 28.0 Å². The summed E-state index contributed by atoms with van der Waals surface area (Å²) in [4.78, 5) is 0. The van der Waals surface area contributed by atoms with Gasteiger partial charge in [0.25, 0.3) is 0 Å². The maximum Gasteiger partial charge on any atom is 0.123 e. The molecule has 0 spiro atoms. The van der Waals surface area contributed by atoms with Crippen LogP contribution >= 0.6 is 27.5 Å². The quantitative estimate of drug-likeness (QED) is 0.756. The molecule has 3 rings (SSSR count). The molecule has 0 amide bonds. The summed E-state index contributed by atoms with van der Waals surface area (Å²) in [7, 11) is 0. The molecule has 1 nitrogen and oxygen atoms in total. The molecule has 1 aliphatic carbocycles. The number of hydrogen-bond acceptors (Lipinski definition) is 1. The van der Waals surface area contributed by atoms with E-state index in [-0.39, 0.29) is 5.82 Å². The van der Waals surface area contributed by atoms with E-state index < -0.39 is 0 Å². The Kier molecular flexibility index (Phi) is 3.99. The summed E-state index contributed by atoms with van der Waals surface area (Å²) in [6.45, 7) is 0. The molecular formula is C16H14BrClFN. The molecule has 0 saturated heterocycles. The van der Waals surface area contributed by atoms with Crippen LogP contribution < -0.4 is 5.32 Å². The third-order valence-corrected chi connectivity index (χ3v) is 4.59. The first kappa shape index (κ1) is 13.9. The maximum absolute atomic E-state index is 12.9. The zero-order chi connectivity index (χ0) is 14.1. The highest BCUT2D eigenvalue weighted by atomic mass is 79.9. The van der Waals surface area contributed by atoms with E-state index >= 15 is 0 Å². The molecule has 0 aliphatic heterocycles. The van der Waals surface area contributed by atoms with Gasteiger partial charge < -0.3 is 5.32 Å². The Hall–Kier alpha value is -1.06. The zero-order valence-electron chi connectivity index (χ0n) is 10.7. The lowest BCUT2D eigenvalue weighted by Gasteiger charge is -2.37. The molecule has 2 aromatic carbocycles. The topological polar surface area (TPSA) is 12.0 Å². The van der Waals surface area contributed by atoms with Crippen molar-refractivity contribution in [1.29, 1.82) is 0 Å². The molecule has 1 aliphatic rings. The highest BCUT2D eigenvalue weighted by molar-refractivity contribution is 9.10. The lowest BCUT2D eigenvalue weighted by atomic mass is 9.76. The molecule has 1 N–H and O–H groups in total. The molecule has 104 valence electrons. The van der Waals surface area contributed by atoms with Crippen LogP contribution in [0.5, 0.6) is 0 Å². The Morgan fingerprint density at radius 2 is 1.80 bits per heavy atom. The Morgan fingerprint density at radius 1 is 1.10 bits per heavy atom. The van der Waals surface area contributed by atoms with E-state index in [1.165, 1.54) is 17.7 Å². The van der Waals surface area contributed by atoms with Gasteiger partial charge in [0, 0.05) is 10.5 Å². The number of hydrogen-bond donors (Lipinski definition) is 1. The van der Waals surface area contributed by atoms with E-state index in [9.17, 15) is 4.39 Å². The minimum atomic E-state index is -0.177. The molecule has 0 radical (unpaired) electrons. The van der Waals surface area contributed by atoms with Gasteiger partial charge in [0.05, 0.1) is 10.7 Å². The van der Waals surface area contributed by atoms with E-state index in [2.05, 4.69) is 21.2 Å². The smallest absolute Gasteiger partial charge is 0.123 e. The van der Waals surface area contributed by atoms with E-state index in [1.807, 2.05) is 30.3 Å². The van der Waals surface area contributed by atoms with E-state index in [1.54, 1.807) is 0 Å². The fourth-order valence-corrected chi connectivity index (χ4v) is 3.10. The Morgan fingerprint density at radius 3 is 2.50 bits per heavy atom. The maximum atomic E-state index is 12.9. The van der Waals surface area contributed by atoms with Crippen LogP contribution in [0.2, 0.25) is 5.02 Å². The predicted octanol–water partition coefficient (Wildman–Crippen LogP) is 5.60. The molecule has 0 bridgehead atoms. The van der Waals surface area contributed by atoms with Crippen LogP contribution in [0.15, 0.2) is 46.9 Å². The molecule has 0 aromatic heterocycles. The van der Waals surface area contributed by atoms with E-state index in [0.29, 0.717) is 12.0 Å². The number of nitrogens with one attached hydrogen (secondary N) is 1. The van der Waals surface area contributed by atoms with Crippen LogP contribution in [0.3, 0.4) is 0 Å². The lowest BCUT2D eigenvalue weighted by Crippen LogP contribution is -2.34. The van der Waals surface area contributed by atoms with Gasteiger partial charge in [0.2, 0.25) is 0 Å². The standard InChI is InChI=1S/C16H14BrClFN/c17-12-3-6-15(18)16(9-12)20-14-7-11(8-14)10-1-4-13(19)5-2-10/h1-6,9,11,14,20H,7-8H2. The van der Waals surface area contributed by atoms with Gasteiger partial charge in [-0.1, -0.05) is 39.7 Å². The lowest BCUT2D eigenvalue weighted by molar-refractivity contribution is 0.374. The van der Waals surface area contributed by atoms with Gasteiger partial charge in [0.15, 0.2) is 0 Å². The van der Waals surface area contributed by atoms with Gasteiger partial charge in [-0.05, 0) is 54.7 Å². The average Bonchev–Trinajstić information content (AvgIpc) is 2.39. The van der Waals surface area contributed by atoms with Crippen molar-refractivity contribution in [3.63, 3.8) is 0 Å². The van der Waals surface area contributed by atoms with Gasteiger partial charge in [-0.3, -0.25) is 0 Å². The third-order valence-electron chi connectivity index (χ3n) is 3.77. The Bertz CT molecular complexity index is 608. The van der Waals surface area contributed by atoms with Crippen molar-refractivity contribution in [1.82, 2.24) is 0 Å². The highest BCUT2D eigenvalue weighted by Crippen LogP contribution is 2.39. The summed E-state index contributed by atoms with van der Waals surface area (Å²) >= 11 is 9.61.